The normalized spacial score (nSPS) is 10.9. The monoisotopic (exact) mass is 235 g/mol. The molecule has 2 aromatic heterocycles. The highest BCUT2D eigenvalue weighted by Crippen LogP contribution is 2.13. The zero-order chi connectivity index (χ0) is 11.4. The van der Waals surface area contributed by atoms with Crippen LogP contribution in [0.4, 0.5) is 0 Å². The summed E-state index contributed by atoms with van der Waals surface area (Å²) in [4.78, 5) is 5.73. The first-order chi connectivity index (χ1) is 7.78. The third-order valence-electron chi connectivity index (χ3n) is 2.45. The van der Waals surface area contributed by atoms with Gasteiger partial charge in [-0.05, 0) is 18.1 Å². The van der Waals surface area contributed by atoms with Crippen LogP contribution in [-0.2, 0) is 26.6 Å². The van der Waals surface area contributed by atoms with E-state index in [1.165, 1.54) is 15.4 Å². The maximum Gasteiger partial charge on any atom is 0.107 e. The predicted molar refractivity (Wildman–Crippen MR) is 67.4 cm³/mol. The summed E-state index contributed by atoms with van der Waals surface area (Å²) in [5.74, 6) is 0. The van der Waals surface area contributed by atoms with E-state index in [-0.39, 0.29) is 0 Å². The van der Waals surface area contributed by atoms with E-state index >= 15 is 0 Å². The molecule has 0 aliphatic carbocycles. The van der Waals surface area contributed by atoms with Gasteiger partial charge in [0.05, 0.1) is 0 Å². The lowest BCUT2D eigenvalue weighted by Crippen LogP contribution is -2.11. The van der Waals surface area contributed by atoms with E-state index in [1.807, 2.05) is 13.2 Å². The van der Waals surface area contributed by atoms with Crippen molar-refractivity contribution in [3.8, 4) is 0 Å². The molecule has 0 atom stereocenters. The predicted octanol–water partition coefficient (Wildman–Crippen LogP) is 2.33. The molecule has 0 amide bonds. The molecule has 1 N–H and O–H groups in total. The Kier molecular flexibility index (Phi) is 3.74. The van der Waals surface area contributed by atoms with Gasteiger partial charge in [-0.1, -0.05) is 6.92 Å². The van der Waals surface area contributed by atoms with Crippen molar-refractivity contribution in [3.63, 3.8) is 0 Å². The Morgan fingerprint density at radius 2 is 2.31 bits per heavy atom. The molecule has 3 nitrogen and oxygen atoms in total. The summed E-state index contributed by atoms with van der Waals surface area (Å²) in [7, 11) is 2.04. The molecule has 2 rings (SSSR count). The second-order valence-corrected chi connectivity index (χ2v) is 5.06. The highest BCUT2D eigenvalue weighted by atomic mass is 32.1. The van der Waals surface area contributed by atoms with E-state index in [4.69, 9.17) is 0 Å². The minimum atomic E-state index is 0.861. The molecule has 2 heterocycles. The van der Waals surface area contributed by atoms with Gasteiger partial charge < -0.3 is 9.88 Å². The van der Waals surface area contributed by atoms with Crippen LogP contribution in [0.3, 0.4) is 0 Å². The lowest BCUT2D eigenvalue weighted by atomic mass is 10.3. The first kappa shape index (κ1) is 11.4. The molecule has 86 valence electrons. The van der Waals surface area contributed by atoms with Crippen LogP contribution in [0.5, 0.6) is 0 Å². The summed E-state index contributed by atoms with van der Waals surface area (Å²) >= 11 is 1.79. The maximum absolute atomic E-state index is 4.37. The zero-order valence-electron chi connectivity index (χ0n) is 9.73. The fourth-order valence-electron chi connectivity index (χ4n) is 1.57. The number of hydrogen-bond acceptors (Lipinski definition) is 3. The van der Waals surface area contributed by atoms with Crippen LogP contribution in [0.1, 0.15) is 22.4 Å². The molecule has 0 spiro atoms. The lowest BCUT2D eigenvalue weighted by Gasteiger charge is -1.99. The van der Waals surface area contributed by atoms with Crippen LogP contribution in [0, 0.1) is 0 Å². The molecule has 16 heavy (non-hydrogen) atoms. The Morgan fingerprint density at radius 3 is 2.94 bits per heavy atom. The summed E-state index contributed by atoms with van der Waals surface area (Å²) in [6, 6.07) is 2.13. The van der Waals surface area contributed by atoms with Gasteiger partial charge in [-0.2, -0.15) is 0 Å². The van der Waals surface area contributed by atoms with E-state index in [0.717, 1.165) is 19.5 Å². The minimum absolute atomic E-state index is 0.861. The molecule has 4 heteroatoms. The summed E-state index contributed by atoms with van der Waals surface area (Å²) in [6.07, 6.45) is 7.25. The SMILES string of the molecule is CCc1cnc(CNCc2ccn(C)c2)s1. The molecule has 0 radical (unpaired) electrons. The fraction of sp³-hybridized carbons (Fsp3) is 0.417. The Balaban J connectivity index is 1.79. The van der Waals surface area contributed by atoms with E-state index in [1.54, 1.807) is 11.3 Å². The largest absolute Gasteiger partial charge is 0.357 e. The third kappa shape index (κ3) is 2.93. The van der Waals surface area contributed by atoms with E-state index < -0.39 is 0 Å². The maximum atomic E-state index is 4.37. The summed E-state index contributed by atoms with van der Waals surface area (Å²) < 4.78 is 2.07. The van der Waals surface area contributed by atoms with Crippen molar-refractivity contribution in [1.29, 1.82) is 0 Å². The molecule has 0 bridgehead atoms. The van der Waals surface area contributed by atoms with Crippen molar-refractivity contribution in [1.82, 2.24) is 14.9 Å². The van der Waals surface area contributed by atoms with Gasteiger partial charge in [0.15, 0.2) is 0 Å². The van der Waals surface area contributed by atoms with Crippen molar-refractivity contribution in [3.05, 3.63) is 40.1 Å². The lowest BCUT2D eigenvalue weighted by molar-refractivity contribution is 0.689. The second kappa shape index (κ2) is 5.27. The highest BCUT2D eigenvalue weighted by Gasteiger charge is 2.00. The van der Waals surface area contributed by atoms with E-state index in [0.29, 0.717) is 0 Å². The molecule has 0 saturated heterocycles. The van der Waals surface area contributed by atoms with Crippen LogP contribution in [0.2, 0.25) is 0 Å². The first-order valence-corrected chi connectivity index (χ1v) is 6.34. The van der Waals surface area contributed by atoms with Gasteiger partial charge in [-0.3, -0.25) is 0 Å². The van der Waals surface area contributed by atoms with Crippen molar-refractivity contribution < 1.29 is 0 Å². The Bertz CT molecular complexity index is 445. The Morgan fingerprint density at radius 1 is 1.44 bits per heavy atom. The molecule has 0 aliphatic heterocycles. The smallest absolute Gasteiger partial charge is 0.107 e. The van der Waals surface area contributed by atoms with Crippen molar-refractivity contribution in [2.24, 2.45) is 7.05 Å². The van der Waals surface area contributed by atoms with Gasteiger partial charge in [0.1, 0.15) is 5.01 Å². The average molecular weight is 235 g/mol. The Hall–Kier alpha value is -1.13. The fourth-order valence-corrected chi connectivity index (χ4v) is 2.40. The molecule has 0 aromatic carbocycles. The summed E-state index contributed by atoms with van der Waals surface area (Å²) in [5.41, 5.74) is 1.31. The van der Waals surface area contributed by atoms with Gasteiger partial charge in [0, 0.05) is 43.6 Å². The molecular formula is C12H17N3S. The van der Waals surface area contributed by atoms with Crippen LogP contribution in [0.25, 0.3) is 0 Å². The quantitative estimate of drug-likeness (QED) is 0.862. The average Bonchev–Trinajstić information content (AvgIpc) is 2.88. The van der Waals surface area contributed by atoms with Crippen LogP contribution in [-0.4, -0.2) is 9.55 Å². The number of rotatable bonds is 5. The van der Waals surface area contributed by atoms with Crippen LogP contribution < -0.4 is 5.32 Å². The topological polar surface area (TPSA) is 29.9 Å². The first-order valence-electron chi connectivity index (χ1n) is 5.53. The van der Waals surface area contributed by atoms with Gasteiger partial charge in [-0.15, -0.1) is 11.3 Å². The molecule has 0 fully saturated rings. The summed E-state index contributed by atoms with van der Waals surface area (Å²) in [5, 5.41) is 4.58. The second-order valence-electron chi connectivity index (χ2n) is 3.86. The van der Waals surface area contributed by atoms with Gasteiger partial charge in [-0.25, -0.2) is 4.98 Å². The highest BCUT2D eigenvalue weighted by molar-refractivity contribution is 7.11. The number of thiazole rings is 1. The van der Waals surface area contributed by atoms with Crippen LogP contribution >= 0.6 is 11.3 Å². The molecule has 2 aromatic rings. The molecule has 0 unspecified atom stereocenters. The third-order valence-corrected chi connectivity index (χ3v) is 3.59. The molecule has 0 aliphatic rings. The number of nitrogens with one attached hydrogen (secondary N) is 1. The minimum Gasteiger partial charge on any atom is -0.357 e. The van der Waals surface area contributed by atoms with Crippen molar-refractivity contribution in [2.45, 2.75) is 26.4 Å². The van der Waals surface area contributed by atoms with Crippen molar-refractivity contribution >= 4 is 11.3 Å². The number of nitrogens with zero attached hydrogens (tertiary/aromatic N) is 2. The molecule has 0 saturated carbocycles. The van der Waals surface area contributed by atoms with Gasteiger partial charge in [0.2, 0.25) is 0 Å². The van der Waals surface area contributed by atoms with Gasteiger partial charge >= 0.3 is 0 Å². The summed E-state index contributed by atoms with van der Waals surface area (Å²) in [6.45, 7) is 3.93. The van der Waals surface area contributed by atoms with Gasteiger partial charge in [0.25, 0.3) is 0 Å². The number of hydrogen-bond donors (Lipinski definition) is 1. The molecular weight excluding hydrogens is 218 g/mol. The van der Waals surface area contributed by atoms with E-state index in [2.05, 4.69) is 40.3 Å². The zero-order valence-corrected chi connectivity index (χ0v) is 10.5. The number of aryl methyl sites for hydroxylation is 2. The van der Waals surface area contributed by atoms with Crippen LogP contribution in [0.15, 0.2) is 24.7 Å². The standard InChI is InChI=1S/C12H17N3S/c1-3-11-7-14-12(16-11)8-13-6-10-4-5-15(2)9-10/h4-5,7,9,13H,3,6,8H2,1-2H3. The van der Waals surface area contributed by atoms with Crippen molar-refractivity contribution in [2.75, 3.05) is 0 Å². The van der Waals surface area contributed by atoms with E-state index in [9.17, 15) is 0 Å². The number of aromatic nitrogens is 2. The Labute approximate surface area is 100 Å².